The van der Waals surface area contributed by atoms with Gasteiger partial charge in [-0.05, 0) is 26.0 Å². The molecule has 0 saturated carbocycles. The van der Waals surface area contributed by atoms with Crippen molar-refractivity contribution in [3.05, 3.63) is 41.1 Å². The highest BCUT2D eigenvalue weighted by atomic mass is 79.9. The number of pyridine rings is 1. The van der Waals surface area contributed by atoms with Crippen molar-refractivity contribution < 1.29 is 4.57 Å². The average molecular weight is 251 g/mol. The summed E-state index contributed by atoms with van der Waals surface area (Å²) in [7, 11) is 0. The number of aromatic nitrogens is 1. The third-order valence-electron chi connectivity index (χ3n) is 2.38. The first kappa shape index (κ1) is 9.66. The minimum Gasteiger partial charge on any atom is -0.202 e. The normalized spacial score (nSPS) is 11.1. The van der Waals surface area contributed by atoms with Crippen molar-refractivity contribution in [2.45, 2.75) is 19.9 Å². The van der Waals surface area contributed by atoms with E-state index in [1.165, 1.54) is 10.8 Å². The molecule has 2 heteroatoms. The molecule has 1 aromatic heterocycles. The molecule has 72 valence electrons. The van der Waals surface area contributed by atoms with Gasteiger partial charge < -0.3 is 0 Å². The van der Waals surface area contributed by atoms with Crippen LogP contribution < -0.4 is 4.57 Å². The Morgan fingerprint density at radius 3 is 2.71 bits per heavy atom. The van der Waals surface area contributed by atoms with E-state index in [2.05, 4.69) is 71.0 Å². The van der Waals surface area contributed by atoms with E-state index in [-0.39, 0.29) is 0 Å². The van der Waals surface area contributed by atoms with Gasteiger partial charge in [-0.25, -0.2) is 4.57 Å². The Balaban J connectivity index is 2.67. The Bertz CT molecular complexity index is 463. The zero-order valence-electron chi connectivity index (χ0n) is 8.37. The summed E-state index contributed by atoms with van der Waals surface area (Å²) in [5, 5.41) is 2.54. The quantitative estimate of drug-likeness (QED) is 0.683. The van der Waals surface area contributed by atoms with Crippen LogP contribution in [0.1, 0.15) is 19.9 Å². The highest BCUT2D eigenvalue weighted by Crippen LogP contribution is 2.22. The molecule has 1 aromatic carbocycles. The number of benzene rings is 1. The summed E-state index contributed by atoms with van der Waals surface area (Å²) in [6.07, 6.45) is 4.31. The van der Waals surface area contributed by atoms with Crippen molar-refractivity contribution in [3.8, 4) is 0 Å². The lowest BCUT2D eigenvalue weighted by atomic mass is 10.2. The average Bonchev–Trinajstić information content (AvgIpc) is 2.17. The lowest BCUT2D eigenvalue weighted by Gasteiger charge is -2.02. The fraction of sp³-hybridized carbons (Fsp3) is 0.250. The van der Waals surface area contributed by atoms with Crippen molar-refractivity contribution in [1.82, 2.24) is 0 Å². The molecule has 2 aromatic rings. The molecular formula is C12H13BrN+. The van der Waals surface area contributed by atoms with Gasteiger partial charge in [0.05, 0.1) is 0 Å². The van der Waals surface area contributed by atoms with Crippen LogP contribution >= 0.6 is 15.9 Å². The second-order valence-corrected chi connectivity index (χ2v) is 4.58. The minimum atomic E-state index is 0.512. The van der Waals surface area contributed by atoms with E-state index in [1.54, 1.807) is 0 Å². The minimum absolute atomic E-state index is 0.512. The van der Waals surface area contributed by atoms with Gasteiger partial charge in [-0.1, -0.05) is 22.0 Å². The van der Waals surface area contributed by atoms with E-state index in [0.29, 0.717) is 6.04 Å². The molecule has 1 nitrogen and oxygen atoms in total. The number of nitrogens with zero attached hydrogens (tertiary/aromatic N) is 1. The highest BCUT2D eigenvalue weighted by molar-refractivity contribution is 9.10. The van der Waals surface area contributed by atoms with E-state index >= 15 is 0 Å². The molecule has 0 amide bonds. The van der Waals surface area contributed by atoms with E-state index < -0.39 is 0 Å². The van der Waals surface area contributed by atoms with Crippen molar-refractivity contribution >= 4 is 26.7 Å². The maximum absolute atomic E-state index is 3.55. The summed E-state index contributed by atoms with van der Waals surface area (Å²) < 4.78 is 3.38. The van der Waals surface area contributed by atoms with E-state index in [4.69, 9.17) is 0 Å². The SMILES string of the molecule is CC(C)[n+]1ccc2c(Br)cccc2c1. The Morgan fingerprint density at radius 2 is 2.00 bits per heavy atom. The molecule has 0 bridgehead atoms. The van der Waals surface area contributed by atoms with Gasteiger partial charge in [0.1, 0.15) is 0 Å². The van der Waals surface area contributed by atoms with Crippen LogP contribution in [0.25, 0.3) is 10.8 Å². The summed E-state index contributed by atoms with van der Waals surface area (Å²) >= 11 is 3.55. The summed E-state index contributed by atoms with van der Waals surface area (Å²) in [5.41, 5.74) is 0. The molecule has 0 aliphatic carbocycles. The third-order valence-corrected chi connectivity index (χ3v) is 3.08. The predicted molar refractivity (Wildman–Crippen MR) is 62.2 cm³/mol. The second-order valence-electron chi connectivity index (χ2n) is 3.73. The van der Waals surface area contributed by atoms with Gasteiger partial charge in [0.15, 0.2) is 18.4 Å². The van der Waals surface area contributed by atoms with Crippen LogP contribution in [0.15, 0.2) is 41.1 Å². The number of halogens is 1. The number of fused-ring (bicyclic) bond motifs is 1. The zero-order valence-corrected chi connectivity index (χ0v) is 9.95. The summed E-state index contributed by atoms with van der Waals surface area (Å²) in [5.74, 6) is 0. The number of hydrogen-bond donors (Lipinski definition) is 0. The topological polar surface area (TPSA) is 3.88 Å². The Morgan fingerprint density at radius 1 is 1.21 bits per heavy atom. The van der Waals surface area contributed by atoms with Crippen LogP contribution in [-0.4, -0.2) is 0 Å². The molecule has 0 atom stereocenters. The lowest BCUT2D eigenvalue weighted by molar-refractivity contribution is -0.715. The molecule has 1 heterocycles. The molecule has 2 rings (SSSR count). The molecular weight excluding hydrogens is 238 g/mol. The standard InChI is InChI=1S/C12H13BrN/c1-9(2)14-7-6-11-10(8-14)4-3-5-12(11)13/h3-9H,1-2H3/q+1. The van der Waals surface area contributed by atoms with Crippen molar-refractivity contribution in [2.75, 3.05) is 0 Å². The molecule has 0 N–H and O–H groups in total. The van der Waals surface area contributed by atoms with E-state index in [9.17, 15) is 0 Å². The van der Waals surface area contributed by atoms with Crippen molar-refractivity contribution in [1.29, 1.82) is 0 Å². The van der Waals surface area contributed by atoms with Crippen LogP contribution in [0.4, 0.5) is 0 Å². The maximum Gasteiger partial charge on any atom is 0.176 e. The first-order chi connectivity index (χ1) is 6.68. The van der Waals surface area contributed by atoms with Gasteiger partial charge in [0.2, 0.25) is 0 Å². The Kier molecular flexibility index (Phi) is 2.55. The predicted octanol–water partition coefficient (Wildman–Crippen LogP) is 3.47. The second kappa shape index (κ2) is 3.70. The monoisotopic (exact) mass is 250 g/mol. The fourth-order valence-electron chi connectivity index (χ4n) is 1.53. The van der Waals surface area contributed by atoms with E-state index in [0.717, 1.165) is 4.47 Å². The van der Waals surface area contributed by atoms with Gasteiger partial charge in [0, 0.05) is 21.3 Å². The third kappa shape index (κ3) is 1.67. The lowest BCUT2D eigenvalue weighted by Crippen LogP contribution is -2.34. The Hall–Kier alpha value is -0.890. The smallest absolute Gasteiger partial charge is 0.176 e. The largest absolute Gasteiger partial charge is 0.202 e. The molecule has 0 aliphatic rings. The fourth-order valence-corrected chi connectivity index (χ4v) is 2.04. The van der Waals surface area contributed by atoms with Crippen LogP contribution in [0.3, 0.4) is 0 Å². The van der Waals surface area contributed by atoms with Crippen LogP contribution in [0.2, 0.25) is 0 Å². The summed E-state index contributed by atoms with van der Waals surface area (Å²) in [6.45, 7) is 4.37. The first-order valence-electron chi connectivity index (χ1n) is 4.77. The molecule has 0 spiro atoms. The van der Waals surface area contributed by atoms with Gasteiger partial charge >= 0.3 is 0 Å². The van der Waals surface area contributed by atoms with Crippen molar-refractivity contribution in [2.24, 2.45) is 0 Å². The first-order valence-corrected chi connectivity index (χ1v) is 5.57. The van der Waals surface area contributed by atoms with Crippen LogP contribution in [0.5, 0.6) is 0 Å². The summed E-state index contributed by atoms with van der Waals surface area (Å²) in [6, 6.07) is 8.94. The van der Waals surface area contributed by atoms with Gasteiger partial charge in [-0.2, -0.15) is 0 Å². The summed E-state index contributed by atoms with van der Waals surface area (Å²) in [4.78, 5) is 0. The zero-order chi connectivity index (χ0) is 10.1. The van der Waals surface area contributed by atoms with Crippen LogP contribution in [-0.2, 0) is 0 Å². The molecule has 0 aliphatic heterocycles. The number of hydrogen-bond acceptors (Lipinski definition) is 0. The molecule has 14 heavy (non-hydrogen) atoms. The maximum atomic E-state index is 3.55. The highest BCUT2D eigenvalue weighted by Gasteiger charge is 2.07. The van der Waals surface area contributed by atoms with Gasteiger partial charge in [-0.3, -0.25) is 0 Å². The van der Waals surface area contributed by atoms with E-state index in [1.807, 2.05) is 0 Å². The molecule has 0 unspecified atom stereocenters. The van der Waals surface area contributed by atoms with Gasteiger partial charge in [-0.15, -0.1) is 0 Å². The Labute approximate surface area is 92.5 Å². The molecule has 0 fully saturated rings. The number of rotatable bonds is 1. The van der Waals surface area contributed by atoms with Crippen molar-refractivity contribution in [3.63, 3.8) is 0 Å². The molecule has 0 radical (unpaired) electrons. The van der Waals surface area contributed by atoms with Crippen LogP contribution in [0, 0.1) is 0 Å². The van der Waals surface area contributed by atoms with Gasteiger partial charge in [0.25, 0.3) is 0 Å². The molecule has 0 saturated heterocycles.